The first-order valence-electron chi connectivity index (χ1n) is 6.61. The SMILES string of the molecule is c1nc2[nH]c(CN3CCCCC3)cc2c2c1C2. The number of rotatable bonds is 2. The van der Waals surface area contributed by atoms with Gasteiger partial charge in [0.1, 0.15) is 5.65 Å². The molecule has 0 spiro atoms. The highest BCUT2D eigenvalue weighted by molar-refractivity contribution is 5.85. The van der Waals surface area contributed by atoms with E-state index in [4.69, 9.17) is 0 Å². The molecule has 4 rings (SSSR count). The molecule has 0 amide bonds. The molecule has 1 aliphatic carbocycles. The van der Waals surface area contributed by atoms with Gasteiger partial charge in [-0.05, 0) is 43.1 Å². The molecule has 3 heterocycles. The summed E-state index contributed by atoms with van der Waals surface area (Å²) in [5.74, 6) is 0. The molecule has 0 atom stereocenters. The van der Waals surface area contributed by atoms with Crippen LogP contribution in [0.4, 0.5) is 0 Å². The number of fused-ring (bicyclic) bond motifs is 3. The van der Waals surface area contributed by atoms with Crippen LogP contribution < -0.4 is 0 Å². The van der Waals surface area contributed by atoms with E-state index in [0.29, 0.717) is 0 Å². The summed E-state index contributed by atoms with van der Waals surface area (Å²) in [5, 5.41) is 1.36. The number of piperidine rings is 1. The molecule has 1 aliphatic heterocycles. The van der Waals surface area contributed by atoms with Gasteiger partial charge in [-0.15, -0.1) is 0 Å². The molecular weight excluding hydrogens is 210 g/mol. The van der Waals surface area contributed by atoms with Crippen molar-refractivity contribution in [1.82, 2.24) is 14.9 Å². The number of pyridine rings is 1. The first-order valence-corrected chi connectivity index (χ1v) is 6.61. The van der Waals surface area contributed by atoms with E-state index < -0.39 is 0 Å². The van der Waals surface area contributed by atoms with Gasteiger partial charge in [0.05, 0.1) is 0 Å². The largest absolute Gasteiger partial charge is 0.342 e. The molecule has 0 saturated carbocycles. The van der Waals surface area contributed by atoms with E-state index in [-0.39, 0.29) is 0 Å². The van der Waals surface area contributed by atoms with Gasteiger partial charge in [0.25, 0.3) is 0 Å². The van der Waals surface area contributed by atoms with Crippen LogP contribution >= 0.6 is 0 Å². The van der Waals surface area contributed by atoms with E-state index in [1.165, 1.54) is 54.6 Å². The third kappa shape index (κ3) is 1.65. The Balaban J connectivity index is 1.61. The summed E-state index contributed by atoms with van der Waals surface area (Å²) >= 11 is 0. The molecule has 0 aromatic carbocycles. The van der Waals surface area contributed by atoms with Gasteiger partial charge >= 0.3 is 0 Å². The van der Waals surface area contributed by atoms with Crippen LogP contribution in [0.3, 0.4) is 0 Å². The summed E-state index contributed by atoms with van der Waals surface area (Å²) in [6, 6.07) is 2.31. The monoisotopic (exact) mass is 227 g/mol. The Kier molecular flexibility index (Phi) is 2.03. The van der Waals surface area contributed by atoms with Crippen molar-refractivity contribution in [3.8, 4) is 0 Å². The fourth-order valence-corrected chi connectivity index (χ4v) is 2.95. The summed E-state index contributed by atoms with van der Waals surface area (Å²) in [6.07, 6.45) is 7.27. The van der Waals surface area contributed by atoms with E-state index in [1.54, 1.807) is 0 Å². The maximum Gasteiger partial charge on any atom is 0.137 e. The average molecular weight is 227 g/mol. The Bertz CT molecular complexity index is 564. The quantitative estimate of drug-likeness (QED) is 0.729. The highest BCUT2D eigenvalue weighted by atomic mass is 15.1. The summed E-state index contributed by atoms with van der Waals surface area (Å²) in [7, 11) is 0. The van der Waals surface area contributed by atoms with E-state index in [2.05, 4.69) is 20.9 Å². The highest BCUT2D eigenvalue weighted by Crippen LogP contribution is 2.34. The molecule has 1 N–H and O–H groups in total. The van der Waals surface area contributed by atoms with E-state index in [9.17, 15) is 0 Å². The van der Waals surface area contributed by atoms with E-state index in [1.807, 2.05) is 6.20 Å². The number of nitrogens with one attached hydrogen (secondary N) is 1. The van der Waals surface area contributed by atoms with Crippen LogP contribution in [-0.2, 0) is 13.0 Å². The minimum atomic E-state index is 1.06. The zero-order chi connectivity index (χ0) is 11.2. The molecule has 1 fully saturated rings. The van der Waals surface area contributed by atoms with Gasteiger partial charge in [-0.2, -0.15) is 0 Å². The maximum atomic E-state index is 4.47. The normalized spacial score (nSPS) is 19.5. The van der Waals surface area contributed by atoms with Crippen molar-refractivity contribution in [2.24, 2.45) is 0 Å². The Morgan fingerprint density at radius 2 is 2.12 bits per heavy atom. The molecule has 88 valence electrons. The second kappa shape index (κ2) is 3.57. The van der Waals surface area contributed by atoms with Crippen molar-refractivity contribution in [2.45, 2.75) is 32.2 Å². The second-order valence-corrected chi connectivity index (χ2v) is 5.33. The lowest BCUT2D eigenvalue weighted by Crippen LogP contribution is -2.29. The van der Waals surface area contributed by atoms with Crippen LogP contribution in [0.5, 0.6) is 0 Å². The highest BCUT2D eigenvalue weighted by Gasteiger charge is 2.22. The lowest BCUT2D eigenvalue weighted by Gasteiger charge is -2.25. The first-order chi connectivity index (χ1) is 8.40. The Labute approximate surface area is 101 Å². The lowest BCUT2D eigenvalue weighted by atomic mass is 10.1. The van der Waals surface area contributed by atoms with Crippen molar-refractivity contribution >= 4 is 11.0 Å². The van der Waals surface area contributed by atoms with Gasteiger partial charge in [-0.25, -0.2) is 4.98 Å². The number of hydrogen-bond acceptors (Lipinski definition) is 2. The molecule has 3 heteroatoms. The van der Waals surface area contributed by atoms with Gasteiger partial charge in [-0.1, -0.05) is 6.42 Å². The Morgan fingerprint density at radius 3 is 3.00 bits per heavy atom. The standard InChI is InChI=1S/C14H17N3/c1-2-4-17(5-3-1)9-11-7-13-12-6-10(12)8-15-14(13)16-11/h7-8H,1-6,9H2,(H,15,16). The van der Waals surface area contributed by atoms with Gasteiger partial charge in [0.15, 0.2) is 0 Å². The molecule has 0 radical (unpaired) electrons. The summed E-state index contributed by atoms with van der Waals surface area (Å²) in [4.78, 5) is 10.5. The smallest absolute Gasteiger partial charge is 0.137 e. The van der Waals surface area contributed by atoms with Gasteiger partial charge < -0.3 is 4.98 Å². The zero-order valence-corrected chi connectivity index (χ0v) is 10.00. The van der Waals surface area contributed by atoms with Crippen LogP contribution in [0.15, 0.2) is 12.3 Å². The molecule has 17 heavy (non-hydrogen) atoms. The van der Waals surface area contributed by atoms with Crippen molar-refractivity contribution in [3.63, 3.8) is 0 Å². The average Bonchev–Trinajstić information content (AvgIpc) is 3.04. The molecule has 3 nitrogen and oxygen atoms in total. The van der Waals surface area contributed by atoms with Crippen molar-refractivity contribution in [3.05, 3.63) is 29.1 Å². The lowest BCUT2D eigenvalue weighted by molar-refractivity contribution is 0.219. The van der Waals surface area contributed by atoms with Crippen molar-refractivity contribution in [1.29, 1.82) is 0 Å². The fraction of sp³-hybridized carbons (Fsp3) is 0.500. The number of aromatic amines is 1. The summed E-state index contributed by atoms with van der Waals surface area (Å²) in [6.45, 7) is 3.56. The molecule has 2 aromatic rings. The van der Waals surface area contributed by atoms with Crippen molar-refractivity contribution < 1.29 is 0 Å². The zero-order valence-electron chi connectivity index (χ0n) is 10.00. The Morgan fingerprint density at radius 1 is 1.24 bits per heavy atom. The third-order valence-corrected chi connectivity index (χ3v) is 4.00. The van der Waals surface area contributed by atoms with Crippen LogP contribution in [0.25, 0.3) is 11.0 Å². The molecule has 1 saturated heterocycles. The summed E-state index contributed by atoms with van der Waals surface area (Å²) < 4.78 is 0. The molecule has 0 unspecified atom stereocenters. The first kappa shape index (κ1) is 9.66. The topological polar surface area (TPSA) is 31.9 Å². The minimum absolute atomic E-state index is 1.06. The predicted octanol–water partition coefficient (Wildman–Crippen LogP) is 2.45. The number of hydrogen-bond donors (Lipinski definition) is 1. The molecule has 2 aromatic heterocycles. The van der Waals surface area contributed by atoms with Crippen molar-refractivity contribution in [2.75, 3.05) is 13.1 Å². The van der Waals surface area contributed by atoms with E-state index >= 15 is 0 Å². The molecular formula is C14H17N3. The Hall–Kier alpha value is -1.35. The fourth-order valence-electron chi connectivity index (χ4n) is 2.95. The molecule has 0 bridgehead atoms. The van der Waals surface area contributed by atoms with Crippen LogP contribution in [-0.4, -0.2) is 28.0 Å². The van der Waals surface area contributed by atoms with Crippen LogP contribution in [0, 0.1) is 0 Å². The van der Waals surface area contributed by atoms with Crippen LogP contribution in [0.1, 0.15) is 36.1 Å². The number of likely N-dealkylation sites (tertiary alicyclic amines) is 1. The third-order valence-electron chi connectivity index (χ3n) is 4.00. The van der Waals surface area contributed by atoms with Gasteiger partial charge in [-0.3, -0.25) is 4.90 Å². The molecule has 2 aliphatic rings. The number of aromatic nitrogens is 2. The minimum Gasteiger partial charge on any atom is -0.342 e. The van der Waals surface area contributed by atoms with E-state index in [0.717, 1.165) is 18.6 Å². The van der Waals surface area contributed by atoms with Gasteiger partial charge in [0, 0.05) is 30.2 Å². The second-order valence-electron chi connectivity index (χ2n) is 5.33. The van der Waals surface area contributed by atoms with Crippen LogP contribution in [0.2, 0.25) is 0 Å². The summed E-state index contributed by atoms with van der Waals surface area (Å²) in [5.41, 5.74) is 5.35. The maximum absolute atomic E-state index is 4.47. The van der Waals surface area contributed by atoms with Gasteiger partial charge in [0.2, 0.25) is 0 Å². The predicted molar refractivity (Wildman–Crippen MR) is 68.0 cm³/mol. The number of H-pyrrole nitrogens is 1. The number of nitrogens with zero attached hydrogens (tertiary/aromatic N) is 2.